The second-order valence-electron chi connectivity index (χ2n) is 4.26. The van der Waals surface area contributed by atoms with Crippen LogP contribution in [0.5, 0.6) is 0 Å². The molecule has 0 radical (unpaired) electrons. The number of ether oxygens (including phenoxy) is 1. The molecule has 0 saturated heterocycles. The van der Waals surface area contributed by atoms with Crippen LogP contribution in [0.25, 0.3) is 11.3 Å². The molecule has 2 rings (SSSR count). The number of carbonyl (C=O) groups excluding carboxylic acids is 1. The minimum atomic E-state index is -0.489. The molecule has 0 saturated carbocycles. The van der Waals surface area contributed by atoms with Crippen LogP contribution in [0.15, 0.2) is 0 Å². The number of hydrogen-bond donors (Lipinski definition) is 0. The van der Waals surface area contributed by atoms with Crippen LogP contribution in [-0.2, 0) is 18.3 Å². The van der Waals surface area contributed by atoms with E-state index in [4.69, 9.17) is 4.74 Å². The standard InChI is InChI=1S/C12H17N5O2/c1-6-17-11(10(13-15-17)12(18)19-5)9-7(2)14-16(4)8(9)3/h6H2,1-5H3. The minimum Gasteiger partial charge on any atom is -0.464 e. The number of nitrogens with zero attached hydrogens (tertiary/aromatic N) is 5. The van der Waals surface area contributed by atoms with E-state index in [0.29, 0.717) is 12.2 Å². The van der Waals surface area contributed by atoms with Crippen LogP contribution in [0.3, 0.4) is 0 Å². The predicted octanol–water partition coefficient (Wildman–Crippen LogP) is 1.10. The first-order chi connectivity index (χ1) is 9.01. The van der Waals surface area contributed by atoms with Crippen molar-refractivity contribution in [3.8, 4) is 11.3 Å². The van der Waals surface area contributed by atoms with Gasteiger partial charge in [0.1, 0.15) is 5.69 Å². The Hall–Kier alpha value is -2.18. The maximum atomic E-state index is 11.8. The molecule has 0 N–H and O–H groups in total. The molecule has 2 heterocycles. The first-order valence-corrected chi connectivity index (χ1v) is 6.03. The molecule has 19 heavy (non-hydrogen) atoms. The SMILES string of the molecule is CCn1nnc(C(=O)OC)c1-c1c(C)nn(C)c1C. The summed E-state index contributed by atoms with van der Waals surface area (Å²) in [4.78, 5) is 11.8. The summed E-state index contributed by atoms with van der Waals surface area (Å²) in [6, 6.07) is 0. The molecule has 0 amide bonds. The molecule has 0 atom stereocenters. The minimum absolute atomic E-state index is 0.226. The van der Waals surface area contributed by atoms with Crippen LogP contribution in [0.2, 0.25) is 0 Å². The zero-order valence-corrected chi connectivity index (χ0v) is 11.8. The molecule has 0 aliphatic heterocycles. The summed E-state index contributed by atoms with van der Waals surface area (Å²) in [5.74, 6) is -0.489. The molecule has 0 bridgehead atoms. The highest BCUT2D eigenvalue weighted by Gasteiger charge is 2.25. The molecule has 0 aliphatic rings. The number of esters is 1. The molecule has 0 fully saturated rings. The summed E-state index contributed by atoms with van der Waals surface area (Å²) in [6.07, 6.45) is 0. The van der Waals surface area contributed by atoms with Gasteiger partial charge in [-0.2, -0.15) is 5.10 Å². The second kappa shape index (κ2) is 4.83. The lowest BCUT2D eigenvalue weighted by molar-refractivity contribution is 0.0595. The normalized spacial score (nSPS) is 10.8. The third kappa shape index (κ3) is 2.00. The monoisotopic (exact) mass is 263 g/mol. The molecule has 0 aromatic carbocycles. The fourth-order valence-electron chi connectivity index (χ4n) is 2.13. The molecular weight excluding hydrogens is 246 g/mol. The van der Waals surface area contributed by atoms with Crippen LogP contribution in [0.1, 0.15) is 28.8 Å². The lowest BCUT2D eigenvalue weighted by Crippen LogP contribution is -2.07. The van der Waals surface area contributed by atoms with Crippen molar-refractivity contribution in [2.75, 3.05) is 7.11 Å². The largest absolute Gasteiger partial charge is 0.464 e. The molecule has 7 heteroatoms. The summed E-state index contributed by atoms with van der Waals surface area (Å²) >= 11 is 0. The van der Waals surface area contributed by atoms with Crippen LogP contribution in [0, 0.1) is 13.8 Å². The highest BCUT2D eigenvalue weighted by atomic mass is 16.5. The Morgan fingerprint density at radius 1 is 1.37 bits per heavy atom. The highest BCUT2D eigenvalue weighted by molar-refractivity contribution is 5.94. The van der Waals surface area contributed by atoms with E-state index < -0.39 is 5.97 Å². The van der Waals surface area contributed by atoms with Gasteiger partial charge in [-0.15, -0.1) is 5.10 Å². The van der Waals surface area contributed by atoms with Gasteiger partial charge in [-0.25, -0.2) is 9.48 Å². The Labute approximate surface area is 111 Å². The first kappa shape index (κ1) is 13.3. The average molecular weight is 263 g/mol. The molecule has 7 nitrogen and oxygen atoms in total. The first-order valence-electron chi connectivity index (χ1n) is 6.03. The summed E-state index contributed by atoms with van der Waals surface area (Å²) in [7, 11) is 3.20. The van der Waals surface area contributed by atoms with E-state index in [1.165, 1.54) is 7.11 Å². The van der Waals surface area contributed by atoms with Crippen molar-refractivity contribution in [1.29, 1.82) is 0 Å². The van der Waals surface area contributed by atoms with E-state index in [1.54, 1.807) is 9.36 Å². The fraction of sp³-hybridized carbons (Fsp3) is 0.500. The van der Waals surface area contributed by atoms with E-state index in [-0.39, 0.29) is 5.69 Å². The van der Waals surface area contributed by atoms with E-state index >= 15 is 0 Å². The maximum Gasteiger partial charge on any atom is 0.360 e. The van der Waals surface area contributed by atoms with Crippen LogP contribution in [0.4, 0.5) is 0 Å². The molecule has 102 valence electrons. The van der Waals surface area contributed by atoms with Crippen LogP contribution < -0.4 is 0 Å². The zero-order chi connectivity index (χ0) is 14.2. The van der Waals surface area contributed by atoms with E-state index in [2.05, 4.69) is 15.4 Å². The van der Waals surface area contributed by atoms with Crippen molar-refractivity contribution in [3.63, 3.8) is 0 Å². The number of rotatable bonds is 3. The zero-order valence-electron chi connectivity index (χ0n) is 11.8. The van der Waals surface area contributed by atoms with Crippen molar-refractivity contribution in [1.82, 2.24) is 24.8 Å². The Balaban J connectivity index is 2.72. The lowest BCUT2D eigenvalue weighted by atomic mass is 10.1. The van der Waals surface area contributed by atoms with Gasteiger partial charge in [0.15, 0.2) is 5.69 Å². The molecule has 2 aromatic rings. The third-order valence-corrected chi connectivity index (χ3v) is 3.16. The molecular formula is C12H17N5O2. The fourth-order valence-corrected chi connectivity index (χ4v) is 2.13. The van der Waals surface area contributed by atoms with Crippen LogP contribution >= 0.6 is 0 Å². The third-order valence-electron chi connectivity index (χ3n) is 3.16. The van der Waals surface area contributed by atoms with Gasteiger partial charge in [0.25, 0.3) is 0 Å². The predicted molar refractivity (Wildman–Crippen MR) is 68.7 cm³/mol. The average Bonchev–Trinajstić information content (AvgIpc) is 2.90. The highest BCUT2D eigenvalue weighted by Crippen LogP contribution is 2.28. The number of aromatic nitrogens is 5. The number of hydrogen-bond acceptors (Lipinski definition) is 5. The van der Waals surface area contributed by atoms with Gasteiger partial charge in [-0.3, -0.25) is 4.68 Å². The Morgan fingerprint density at radius 2 is 2.05 bits per heavy atom. The maximum absolute atomic E-state index is 11.8. The lowest BCUT2D eigenvalue weighted by Gasteiger charge is -2.06. The van der Waals surface area contributed by atoms with Crippen molar-refractivity contribution in [2.45, 2.75) is 27.3 Å². The summed E-state index contributed by atoms with van der Waals surface area (Å²) in [5.41, 5.74) is 3.57. The number of aryl methyl sites for hydroxylation is 3. The van der Waals surface area contributed by atoms with Crippen molar-refractivity contribution >= 4 is 5.97 Å². The van der Waals surface area contributed by atoms with Gasteiger partial charge in [-0.1, -0.05) is 5.21 Å². The number of carbonyl (C=O) groups is 1. The number of methoxy groups -OCH3 is 1. The smallest absolute Gasteiger partial charge is 0.360 e. The van der Waals surface area contributed by atoms with Gasteiger partial charge >= 0.3 is 5.97 Å². The summed E-state index contributed by atoms with van der Waals surface area (Å²) in [5, 5.41) is 12.3. The van der Waals surface area contributed by atoms with Gasteiger partial charge in [0, 0.05) is 24.8 Å². The second-order valence-corrected chi connectivity index (χ2v) is 4.26. The van der Waals surface area contributed by atoms with E-state index in [9.17, 15) is 4.79 Å². The van der Waals surface area contributed by atoms with E-state index in [0.717, 1.165) is 17.0 Å². The Morgan fingerprint density at radius 3 is 2.53 bits per heavy atom. The molecule has 2 aromatic heterocycles. The summed E-state index contributed by atoms with van der Waals surface area (Å²) < 4.78 is 8.22. The molecule has 0 aliphatic carbocycles. The molecule has 0 unspecified atom stereocenters. The van der Waals surface area contributed by atoms with Gasteiger partial charge in [0.2, 0.25) is 0 Å². The van der Waals surface area contributed by atoms with Crippen LogP contribution in [-0.4, -0.2) is 37.9 Å². The van der Waals surface area contributed by atoms with Gasteiger partial charge in [0.05, 0.1) is 12.8 Å². The quantitative estimate of drug-likeness (QED) is 0.775. The van der Waals surface area contributed by atoms with Crippen molar-refractivity contribution in [3.05, 3.63) is 17.1 Å². The molecule has 0 spiro atoms. The van der Waals surface area contributed by atoms with Crippen molar-refractivity contribution in [2.24, 2.45) is 7.05 Å². The van der Waals surface area contributed by atoms with Crippen molar-refractivity contribution < 1.29 is 9.53 Å². The van der Waals surface area contributed by atoms with Gasteiger partial charge < -0.3 is 4.74 Å². The van der Waals surface area contributed by atoms with Gasteiger partial charge in [-0.05, 0) is 20.8 Å². The Kier molecular flexibility index (Phi) is 3.37. The summed E-state index contributed by atoms with van der Waals surface area (Å²) in [6.45, 7) is 6.41. The van der Waals surface area contributed by atoms with E-state index in [1.807, 2.05) is 27.8 Å². The Bertz CT molecular complexity index is 626. The topological polar surface area (TPSA) is 74.8 Å².